The number of carbonyl (C=O) groups is 2. The first-order valence-electron chi connectivity index (χ1n) is 6.58. The molecule has 110 valence electrons. The Morgan fingerprint density at radius 1 is 1.40 bits per heavy atom. The summed E-state index contributed by atoms with van der Waals surface area (Å²) in [7, 11) is 1.32. The van der Waals surface area contributed by atoms with Crippen molar-refractivity contribution in [2.75, 3.05) is 19.0 Å². The average molecular weight is 278 g/mol. The molecule has 1 rings (SSSR count). The lowest BCUT2D eigenvalue weighted by Gasteiger charge is -2.25. The summed E-state index contributed by atoms with van der Waals surface area (Å²) in [5.41, 5.74) is 6.94. The molecule has 1 aromatic rings. The van der Waals surface area contributed by atoms with Crippen LogP contribution in [0.25, 0.3) is 0 Å². The summed E-state index contributed by atoms with van der Waals surface area (Å²) < 4.78 is 4.67. The SMILES string of the molecule is CCC(C)(CN)C(=O)Nc1cc(C(=O)OC)ccc1C. The molecule has 20 heavy (non-hydrogen) atoms. The largest absolute Gasteiger partial charge is 0.465 e. The van der Waals surface area contributed by atoms with Crippen LogP contribution in [0.1, 0.15) is 36.2 Å². The van der Waals surface area contributed by atoms with Crippen LogP contribution in [0.4, 0.5) is 5.69 Å². The van der Waals surface area contributed by atoms with Gasteiger partial charge in [-0.3, -0.25) is 4.79 Å². The Morgan fingerprint density at radius 2 is 2.05 bits per heavy atom. The summed E-state index contributed by atoms with van der Waals surface area (Å²) in [4.78, 5) is 23.8. The van der Waals surface area contributed by atoms with Gasteiger partial charge in [0.1, 0.15) is 0 Å². The number of nitrogens with one attached hydrogen (secondary N) is 1. The summed E-state index contributed by atoms with van der Waals surface area (Å²) in [5, 5.41) is 2.85. The third-order valence-corrected chi connectivity index (χ3v) is 3.69. The van der Waals surface area contributed by atoms with Crippen LogP contribution in [0, 0.1) is 12.3 Å². The van der Waals surface area contributed by atoms with E-state index in [4.69, 9.17) is 5.73 Å². The Kier molecular flexibility index (Phi) is 5.27. The van der Waals surface area contributed by atoms with Crippen molar-refractivity contribution in [3.63, 3.8) is 0 Å². The molecule has 0 radical (unpaired) electrons. The first-order valence-corrected chi connectivity index (χ1v) is 6.58. The van der Waals surface area contributed by atoms with Crippen molar-refractivity contribution < 1.29 is 14.3 Å². The van der Waals surface area contributed by atoms with Crippen molar-refractivity contribution in [2.24, 2.45) is 11.1 Å². The van der Waals surface area contributed by atoms with Gasteiger partial charge in [-0.05, 0) is 38.0 Å². The Morgan fingerprint density at radius 3 is 2.55 bits per heavy atom. The third-order valence-electron chi connectivity index (χ3n) is 3.69. The molecule has 1 unspecified atom stereocenters. The van der Waals surface area contributed by atoms with Gasteiger partial charge in [0, 0.05) is 12.2 Å². The molecule has 0 aliphatic carbocycles. The molecule has 0 heterocycles. The van der Waals surface area contributed by atoms with E-state index in [9.17, 15) is 9.59 Å². The number of aryl methyl sites for hydroxylation is 1. The lowest BCUT2D eigenvalue weighted by molar-refractivity contribution is -0.124. The Labute approximate surface area is 119 Å². The van der Waals surface area contributed by atoms with Gasteiger partial charge >= 0.3 is 5.97 Å². The average Bonchev–Trinajstić information content (AvgIpc) is 2.47. The van der Waals surface area contributed by atoms with Crippen molar-refractivity contribution in [3.05, 3.63) is 29.3 Å². The van der Waals surface area contributed by atoms with Crippen LogP contribution in [-0.2, 0) is 9.53 Å². The van der Waals surface area contributed by atoms with Crippen molar-refractivity contribution in [2.45, 2.75) is 27.2 Å². The maximum Gasteiger partial charge on any atom is 0.337 e. The van der Waals surface area contributed by atoms with E-state index in [1.54, 1.807) is 18.2 Å². The van der Waals surface area contributed by atoms with E-state index >= 15 is 0 Å². The number of hydrogen-bond donors (Lipinski definition) is 2. The van der Waals surface area contributed by atoms with Crippen molar-refractivity contribution in [3.8, 4) is 0 Å². The lowest BCUT2D eigenvalue weighted by atomic mass is 9.86. The molecule has 5 heteroatoms. The van der Waals surface area contributed by atoms with Crippen LogP contribution >= 0.6 is 0 Å². The second-order valence-electron chi connectivity index (χ2n) is 5.09. The molecule has 0 fully saturated rings. The number of anilines is 1. The van der Waals surface area contributed by atoms with Crippen LogP contribution in [0.15, 0.2) is 18.2 Å². The van der Waals surface area contributed by atoms with Gasteiger partial charge in [0.25, 0.3) is 0 Å². The zero-order valence-corrected chi connectivity index (χ0v) is 12.4. The molecule has 0 bridgehead atoms. The summed E-state index contributed by atoms with van der Waals surface area (Å²) >= 11 is 0. The van der Waals surface area contributed by atoms with E-state index in [2.05, 4.69) is 10.1 Å². The number of nitrogens with two attached hydrogens (primary N) is 1. The number of ether oxygens (including phenoxy) is 1. The summed E-state index contributed by atoms with van der Waals surface area (Å²) in [6.07, 6.45) is 0.644. The summed E-state index contributed by atoms with van der Waals surface area (Å²) in [6.45, 7) is 5.87. The first kappa shape index (κ1) is 16.2. The Bertz CT molecular complexity index is 508. The molecule has 1 amide bonds. The Hall–Kier alpha value is -1.88. The van der Waals surface area contributed by atoms with E-state index in [0.717, 1.165) is 5.56 Å². The van der Waals surface area contributed by atoms with E-state index in [-0.39, 0.29) is 12.5 Å². The highest BCUT2D eigenvalue weighted by molar-refractivity contribution is 5.98. The second-order valence-corrected chi connectivity index (χ2v) is 5.09. The zero-order valence-electron chi connectivity index (χ0n) is 12.4. The monoisotopic (exact) mass is 278 g/mol. The lowest BCUT2D eigenvalue weighted by Crippen LogP contribution is -2.39. The maximum absolute atomic E-state index is 12.3. The van der Waals surface area contributed by atoms with Gasteiger partial charge in [0.15, 0.2) is 0 Å². The molecule has 5 nitrogen and oxygen atoms in total. The minimum Gasteiger partial charge on any atom is -0.465 e. The van der Waals surface area contributed by atoms with E-state index in [0.29, 0.717) is 17.7 Å². The Balaban J connectivity index is 3.03. The van der Waals surface area contributed by atoms with Gasteiger partial charge in [-0.2, -0.15) is 0 Å². The van der Waals surface area contributed by atoms with E-state index < -0.39 is 11.4 Å². The smallest absolute Gasteiger partial charge is 0.337 e. The van der Waals surface area contributed by atoms with Crippen molar-refractivity contribution in [1.82, 2.24) is 0 Å². The predicted octanol–water partition coefficient (Wildman–Crippen LogP) is 2.10. The number of amides is 1. The van der Waals surface area contributed by atoms with Crippen molar-refractivity contribution >= 4 is 17.6 Å². The fourth-order valence-corrected chi connectivity index (χ4v) is 1.67. The molecule has 1 aromatic carbocycles. The normalized spacial score (nSPS) is 13.4. The number of esters is 1. The molecular formula is C15H22N2O3. The number of hydrogen-bond acceptors (Lipinski definition) is 4. The van der Waals surface area contributed by atoms with Crippen LogP contribution in [0.5, 0.6) is 0 Å². The van der Waals surface area contributed by atoms with Gasteiger partial charge < -0.3 is 15.8 Å². The molecule has 0 aliphatic rings. The number of carbonyl (C=O) groups excluding carboxylic acids is 2. The topological polar surface area (TPSA) is 81.4 Å². The van der Waals surface area contributed by atoms with Gasteiger partial charge in [0.2, 0.25) is 5.91 Å². The third kappa shape index (κ3) is 3.36. The van der Waals surface area contributed by atoms with Gasteiger partial charge in [-0.1, -0.05) is 13.0 Å². The summed E-state index contributed by atoms with van der Waals surface area (Å²) in [6, 6.07) is 5.05. The van der Waals surface area contributed by atoms with Crippen LogP contribution in [-0.4, -0.2) is 25.5 Å². The maximum atomic E-state index is 12.3. The number of benzene rings is 1. The number of methoxy groups -OCH3 is 1. The van der Waals surface area contributed by atoms with Gasteiger partial charge in [-0.25, -0.2) is 4.79 Å². The molecule has 1 atom stereocenters. The molecule has 0 aliphatic heterocycles. The second kappa shape index (κ2) is 6.52. The predicted molar refractivity (Wildman–Crippen MR) is 78.6 cm³/mol. The van der Waals surface area contributed by atoms with E-state index in [1.807, 2.05) is 20.8 Å². The van der Waals surface area contributed by atoms with Gasteiger partial charge in [-0.15, -0.1) is 0 Å². The van der Waals surface area contributed by atoms with Crippen LogP contribution in [0.3, 0.4) is 0 Å². The van der Waals surface area contributed by atoms with Crippen LogP contribution < -0.4 is 11.1 Å². The summed E-state index contributed by atoms with van der Waals surface area (Å²) in [5.74, 6) is -0.579. The highest BCUT2D eigenvalue weighted by Gasteiger charge is 2.30. The molecule has 3 N–H and O–H groups in total. The van der Waals surface area contributed by atoms with Crippen LogP contribution in [0.2, 0.25) is 0 Å². The first-order chi connectivity index (χ1) is 9.37. The standard InChI is InChI=1S/C15H22N2O3/c1-5-15(3,9-16)14(19)17-12-8-11(13(18)20-4)7-6-10(12)2/h6-8H,5,9,16H2,1-4H3,(H,17,19). The van der Waals surface area contributed by atoms with Gasteiger partial charge in [0.05, 0.1) is 18.1 Å². The zero-order chi connectivity index (χ0) is 15.3. The van der Waals surface area contributed by atoms with E-state index in [1.165, 1.54) is 7.11 Å². The quantitative estimate of drug-likeness (QED) is 0.808. The fourth-order valence-electron chi connectivity index (χ4n) is 1.67. The minimum absolute atomic E-state index is 0.146. The highest BCUT2D eigenvalue weighted by Crippen LogP contribution is 2.24. The molecule has 0 saturated carbocycles. The fraction of sp³-hybridized carbons (Fsp3) is 0.467. The van der Waals surface area contributed by atoms with Crippen molar-refractivity contribution in [1.29, 1.82) is 0 Å². The highest BCUT2D eigenvalue weighted by atomic mass is 16.5. The minimum atomic E-state index is -0.617. The molecule has 0 spiro atoms. The number of rotatable bonds is 5. The molecule has 0 aromatic heterocycles. The molecule has 0 saturated heterocycles. The molecular weight excluding hydrogens is 256 g/mol.